The van der Waals surface area contributed by atoms with E-state index >= 15 is 0 Å². The van der Waals surface area contributed by atoms with Gasteiger partial charge >= 0.3 is 11.9 Å². The molecule has 0 aliphatic heterocycles. The van der Waals surface area contributed by atoms with Gasteiger partial charge in [0.1, 0.15) is 6.61 Å². The minimum atomic E-state index is -0.357. The number of hydrogen-bond donors (Lipinski definition) is 0. The third-order valence-electron chi connectivity index (χ3n) is 5.43. The molecule has 0 atom stereocenters. The van der Waals surface area contributed by atoms with Crippen LogP contribution in [0.5, 0.6) is 0 Å². The van der Waals surface area contributed by atoms with Crippen LogP contribution in [0.2, 0.25) is 10.0 Å². The molecule has 0 saturated carbocycles. The largest absolute Gasteiger partial charge is 0.466 e. The van der Waals surface area contributed by atoms with Crippen LogP contribution in [-0.2, 0) is 25.7 Å². The van der Waals surface area contributed by atoms with Gasteiger partial charge in [0.05, 0.1) is 6.61 Å². The van der Waals surface area contributed by atoms with Crippen molar-refractivity contribution >= 4 is 35.1 Å². The number of rotatable bonds is 19. The van der Waals surface area contributed by atoms with Gasteiger partial charge in [-0.3, -0.25) is 9.59 Å². The Labute approximate surface area is 204 Å². The maximum absolute atomic E-state index is 11.8. The van der Waals surface area contributed by atoms with E-state index in [-0.39, 0.29) is 31.4 Å². The van der Waals surface area contributed by atoms with E-state index in [0.717, 1.165) is 12.8 Å². The molecule has 1 aromatic rings. The first-order valence-corrected chi connectivity index (χ1v) is 13.0. The summed E-state index contributed by atoms with van der Waals surface area (Å²) in [6, 6.07) is 5.03. The second-order valence-corrected chi connectivity index (χ2v) is 9.20. The van der Waals surface area contributed by atoms with Crippen molar-refractivity contribution in [3.05, 3.63) is 33.8 Å². The second-order valence-electron chi connectivity index (χ2n) is 8.36. The number of esters is 2. The molecule has 1 rings (SSSR count). The highest BCUT2D eigenvalue weighted by atomic mass is 35.5. The van der Waals surface area contributed by atoms with Crippen molar-refractivity contribution in [1.82, 2.24) is 0 Å². The Bertz CT molecular complexity index is 649. The van der Waals surface area contributed by atoms with Gasteiger partial charge < -0.3 is 9.47 Å². The van der Waals surface area contributed by atoms with Crippen molar-refractivity contribution in [3.63, 3.8) is 0 Å². The lowest BCUT2D eigenvalue weighted by atomic mass is 10.1. The number of unbranched alkanes of at least 4 members (excludes halogenated alkanes) is 11. The third kappa shape index (κ3) is 15.5. The van der Waals surface area contributed by atoms with Crippen LogP contribution in [0.25, 0.3) is 0 Å². The molecule has 0 heterocycles. The van der Waals surface area contributed by atoms with Gasteiger partial charge in [-0.15, -0.1) is 0 Å². The number of ether oxygens (including phenoxy) is 2. The molecule has 0 amide bonds. The van der Waals surface area contributed by atoms with Gasteiger partial charge in [-0.25, -0.2) is 0 Å². The molecule has 0 fully saturated rings. The van der Waals surface area contributed by atoms with E-state index < -0.39 is 0 Å². The van der Waals surface area contributed by atoms with Crippen molar-refractivity contribution in [2.45, 2.75) is 110 Å². The summed E-state index contributed by atoms with van der Waals surface area (Å²) in [5, 5.41) is 0.999. The van der Waals surface area contributed by atoms with Gasteiger partial charge in [0, 0.05) is 28.5 Å². The van der Waals surface area contributed by atoms with Gasteiger partial charge in [0.2, 0.25) is 0 Å². The standard InChI is InChI=1S/C26H40Cl2O4/c1-2-3-4-5-6-7-8-9-10-11-12-13-19-31-25(29)15-14-16-26(30)32-21-22-17-18-23(27)20-24(22)28/h17-18,20H,2-16,19,21H2,1H3. The third-order valence-corrected chi connectivity index (χ3v) is 6.01. The lowest BCUT2D eigenvalue weighted by Gasteiger charge is -2.07. The molecule has 0 N–H and O–H groups in total. The minimum Gasteiger partial charge on any atom is -0.466 e. The molecule has 1 aromatic carbocycles. The molecule has 0 aromatic heterocycles. The van der Waals surface area contributed by atoms with Crippen LogP contribution in [0.3, 0.4) is 0 Å². The van der Waals surface area contributed by atoms with Gasteiger partial charge in [-0.05, 0) is 25.0 Å². The topological polar surface area (TPSA) is 52.6 Å². The van der Waals surface area contributed by atoms with Gasteiger partial charge in [-0.2, -0.15) is 0 Å². The molecule has 182 valence electrons. The van der Waals surface area contributed by atoms with E-state index in [2.05, 4.69) is 6.92 Å². The lowest BCUT2D eigenvalue weighted by molar-refractivity contribution is -0.146. The summed E-state index contributed by atoms with van der Waals surface area (Å²) in [6.07, 6.45) is 16.2. The molecule has 0 bridgehead atoms. The monoisotopic (exact) mass is 486 g/mol. The predicted octanol–water partition coefficient (Wildman–Crippen LogP) is 8.45. The molecule has 0 aliphatic carbocycles. The summed E-state index contributed by atoms with van der Waals surface area (Å²) in [5.74, 6) is -0.605. The Hall–Kier alpha value is -1.26. The zero-order valence-corrected chi connectivity index (χ0v) is 21.2. The van der Waals surface area contributed by atoms with Crippen molar-refractivity contribution in [3.8, 4) is 0 Å². The van der Waals surface area contributed by atoms with Crippen molar-refractivity contribution in [2.24, 2.45) is 0 Å². The number of carbonyl (C=O) groups excluding carboxylic acids is 2. The Morgan fingerprint density at radius 2 is 1.25 bits per heavy atom. The first-order valence-electron chi connectivity index (χ1n) is 12.3. The van der Waals surface area contributed by atoms with E-state index in [1.165, 1.54) is 64.2 Å². The minimum absolute atomic E-state index is 0.0955. The average Bonchev–Trinajstić information content (AvgIpc) is 2.76. The lowest BCUT2D eigenvalue weighted by Crippen LogP contribution is -2.09. The smallest absolute Gasteiger partial charge is 0.306 e. The van der Waals surface area contributed by atoms with Crippen LogP contribution in [0.1, 0.15) is 109 Å². The molecule has 4 nitrogen and oxygen atoms in total. The summed E-state index contributed by atoms with van der Waals surface area (Å²) in [7, 11) is 0. The van der Waals surface area contributed by atoms with Crippen LogP contribution in [0.15, 0.2) is 18.2 Å². The summed E-state index contributed by atoms with van der Waals surface area (Å²) in [4.78, 5) is 23.6. The van der Waals surface area contributed by atoms with E-state index in [1.807, 2.05) is 0 Å². The van der Waals surface area contributed by atoms with Gasteiger partial charge in [0.25, 0.3) is 0 Å². The number of hydrogen-bond acceptors (Lipinski definition) is 4. The fourth-order valence-electron chi connectivity index (χ4n) is 3.45. The van der Waals surface area contributed by atoms with E-state index in [9.17, 15) is 9.59 Å². The van der Waals surface area contributed by atoms with E-state index in [0.29, 0.717) is 28.6 Å². The summed E-state index contributed by atoms with van der Waals surface area (Å²) >= 11 is 11.9. The Balaban J connectivity index is 1.90. The van der Waals surface area contributed by atoms with Gasteiger partial charge in [0.15, 0.2) is 0 Å². The summed E-state index contributed by atoms with van der Waals surface area (Å²) < 4.78 is 10.4. The summed E-state index contributed by atoms with van der Waals surface area (Å²) in [5.41, 5.74) is 0.700. The van der Waals surface area contributed by atoms with E-state index in [4.69, 9.17) is 32.7 Å². The maximum atomic E-state index is 11.8. The Morgan fingerprint density at radius 3 is 1.81 bits per heavy atom. The first-order chi connectivity index (χ1) is 15.5. The van der Waals surface area contributed by atoms with Crippen LogP contribution in [0, 0.1) is 0 Å². The maximum Gasteiger partial charge on any atom is 0.306 e. The molecular weight excluding hydrogens is 447 g/mol. The number of halogens is 2. The van der Waals surface area contributed by atoms with Gasteiger partial charge in [-0.1, -0.05) is 107 Å². The normalized spacial score (nSPS) is 10.8. The number of benzene rings is 1. The highest BCUT2D eigenvalue weighted by Gasteiger charge is 2.09. The Kier molecular flexibility index (Phi) is 17.3. The first kappa shape index (κ1) is 28.8. The molecule has 0 aliphatic rings. The molecule has 0 unspecified atom stereocenters. The zero-order chi connectivity index (χ0) is 23.4. The molecule has 0 saturated heterocycles. The quantitative estimate of drug-likeness (QED) is 0.145. The van der Waals surface area contributed by atoms with Crippen molar-refractivity contribution in [1.29, 1.82) is 0 Å². The van der Waals surface area contributed by atoms with E-state index in [1.54, 1.807) is 18.2 Å². The fourth-order valence-corrected chi connectivity index (χ4v) is 3.91. The predicted molar refractivity (Wildman–Crippen MR) is 132 cm³/mol. The Morgan fingerprint density at radius 1 is 0.719 bits per heavy atom. The highest BCUT2D eigenvalue weighted by molar-refractivity contribution is 6.35. The number of carbonyl (C=O) groups is 2. The fraction of sp³-hybridized carbons (Fsp3) is 0.692. The molecule has 32 heavy (non-hydrogen) atoms. The molecular formula is C26H40Cl2O4. The van der Waals surface area contributed by atoms with Crippen LogP contribution >= 0.6 is 23.2 Å². The zero-order valence-electron chi connectivity index (χ0n) is 19.6. The van der Waals surface area contributed by atoms with Crippen molar-refractivity contribution in [2.75, 3.05) is 6.61 Å². The van der Waals surface area contributed by atoms with Crippen molar-refractivity contribution < 1.29 is 19.1 Å². The van der Waals surface area contributed by atoms with Crippen LogP contribution < -0.4 is 0 Å². The van der Waals surface area contributed by atoms with Crippen LogP contribution in [-0.4, -0.2) is 18.5 Å². The summed E-state index contributed by atoms with van der Waals surface area (Å²) in [6.45, 7) is 2.82. The second kappa shape index (κ2) is 19.2. The molecule has 0 spiro atoms. The highest BCUT2D eigenvalue weighted by Crippen LogP contribution is 2.21. The average molecular weight is 488 g/mol. The molecule has 6 heteroatoms. The van der Waals surface area contributed by atoms with Crippen LogP contribution in [0.4, 0.5) is 0 Å². The molecule has 0 radical (unpaired) electrons. The SMILES string of the molecule is CCCCCCCCCCCCCCOC(=O)CCCC(=O)OCc1ccc(Cl)cc1Cl.